The maximum absolute atomic E-state index is 13.3. The van der Waals surface area contributed by atoms with E-state index >= 15 is 0 Å². The van der Waals surface area contributed by atoms with Gasteiger partial charge in [-0.3, -0.25) is 4.79 Å². The second kappa shape index (κ2) is 10.0. The minimum atomic E-state index is -4.56. The number of benzene rings is 3. The predicted molar refractivity (Wildman–Crippen MR) is 126 cm³/mol. The Balaban J connectivity index is 1.64. The van der Waals surface area contributed by atoms with Gasteiger partial charge in [-0.15, -0.1) is 0 Å². The highest BCUT2D eigenvalue weighted by Gasteiger charge is 2.44. The molecular weight excluding hydrogens is 501 g/mol. The summed E-state index contributed by atoms with van der Waals surface area (Å²) in [5.41, 5.74) is 0.256. The highest BCUT2D eigenvalue weighted by Crippen LogP contribution is 2.38. The van der Waals surface area contributed by atoms with Crippen LogP contribution in [0.2, 0.25) is 5.02 Å². The van der Waals surface area contributed by atoms with Crippen molar-refractivity contribution in [1.82, 2.24) is 9.62 Å². The lowest BCUT2D eigenvalue weighted by Gasteiger charge is -2.19. The zero-order valence-corrected chi connectivity index (χ0v) is 19.9. The van der Waals surface area contributed by atoms with Crippen LogP contribution in [0, 0.1) is 5.92 Å². The molecule has 1 saturated heterocycles. The summed E-state index contributed by atoms with van der Waals surface area (Å²) in [5.74, 6) is -2.05. The lowest BCUT2D eigenvalue weighted by Crippen LogP contribution is -2.35. The van der Waals surface area contributed by atoms with Crippen LogP contribution in [-0.4, -0.2) is 31.7 Å². The number of rotatable bonds is 6. The molecule has 35 heavy (non-hydrogen) atoms. The first-order valence-electron chi connectivity index (χ1n) is 10.8. The molecule has 0 aromatic heterocycles. The number of sulfonamides is 1. The maximum atomic E-state index is 13.3. The quantitative estimate of drug-likeness (QED) is 0.491. The van der Waals surface area contributed by atoms with Crippen molar-refractivity contribution >= 4 is 27.5 Å². The second-order valence-corrected chi connectivity index (χ2v) is 10.7. The number of nitrogens with one attached hydrogen (secondary N) is 1. The van der Waals surface area contributed by atoms with Gasteiger partial charge in [-0.2, -0.15) is 17.5 Å². The van der Waals surface area contributed by atoms with Gasteiger partial charge < -0.3 is 5.32 Å². The van der Waals surface area contributed by atoms with Crippen LogP contribution in [0.5, 0.6) is 0 Å². The van der Waals surface area contributed by atoms with E-state index in [1.807, 2.05) is 30.3 Å². The molecule has 0 aliphatic carbocycles. The Morgan fingerprint density at radius 1 is 0.971 bits per heavy atom. The van der Waals surface area contributed by atoms with Crippen LogP contribution in [0.15, 0.2) is 83.8 Å². The summed E-state index contributed by atoms with van der Waals surface area (Å²) < 4.78 is 67.7. The van der Waals surface area contributed by atoms with Crippen LogP contribution in [0.1, 0.15) is 22.6 Å². The van der Waals surface area contributed by atoms with Gasteiger partial charge in [0.05, 0.1) is 16.4 Å². The van der Waals surface area contributed by atoms with E-state index < -0.39 is 39.5 Å². The molecule has 3 aromatic carbocycles. The van der Waals surface area contributed by atoms with Crippen molar-refractivity contribution in [2.75, 3.05) is 13.1 Å². The molecule has 3 aromatic rings. The van der Waals surface area contributed by atoms with Crippen molar-refractivity contribution in [2.24, 2.45) is 5.92 Å². The smallest absolute Gasteiger partial charge is 0.352 e. The Morgan fingerprint density at radius 2 is 1.66 bits per heavy atom. The van der Waals surface area contributed by atoms with Crippen molar-refractivity contribution in [1.29, 1.82) is 0 Å². The molecule has 0 spiro atoms. The van der Waals surface area contributed by atoms with Gasteiger partial charge in [0.15, 0.2) is 0 Å². The standard InChI is InChI=1S/C25H22ClF3N2O3S/c26-20-9-11-21(12-10-20)35(33,34)31-15-22(18-7-4-8-19(13-18)25(27,28)29)23(16-31)24(32)30-14-17-5-2-1-3-6-17/h1-13,22-23H,14-16H2,(H,30,32)/t22-,23+/m1/s1. The predicted octanol–water partition coefficient (Wildman–Crippen LogP) is 5.08. The number of alkyl halides is 3. The Labute approximate surface area is 206 Å². The fraction of sp³-hybridized carbons (Fsp3) is 0.240. The lowest BCUT2D eigenvalue weighted by atomic mass is 9.87. The zero-order valence-electron chi connectivity index (χ0n) is 18.4. The molecule has 4 rings (SSSR count). The van der Waals surface area contributed by atoms with E-state index in [1.165, 1.54) is 36.4 Å². The third-order valence-electron chi connectivity index (χ3n) is 6.03. The van der Waals surface area contributed by atoms with E-state index in [1.54, 1.807) is 0 Å². The summed E-state index contributed by atoms with van der Waals surface area (Å²) >= 11 is 5.87. The fourth-order valence-electron chi connectivity index (χ4n) is 4.18. The number of carbonyl (C=O) groups excluding carboxylic acids is 1. The average Bonchev–Trinajstić information content (AvgIpc) is 3.30. The molecule has 0 unspecified atom stereocenters. The van der Waals surface area contributed by atoms with Crippen LogP contribution in [-0.2, 0) is 27.5 Å². The number of hydrogen-bond acceptors (Lipinski definition) is 3. The average molecular weight is 523 g/mol. The van der Waals surface area contributed by atoms with Crippen molar-refractivity contribution < 1.29 is 26.4 Å². The van der Waals surface area contributed by atoms with Crippen LogP contribution < -0.4 is 5.32 Å². The molecule has 0 radical (unpaired) electrons. The molecule has 1 fully saturated rings. The topological polar surface area (TPSA) is 66.5 Å². The number of nitrogens with zero attached hydrogens (tertiary/aromatic N) is 1. The van der Waals surface area contributed by atoms with Crippen LogP contribution >= 0.6 is 11.6 Å². The van der Waals surface area contributed by atoms with Crippen molar-refractivity contribution in [3.05, 3.63) is 101 Å². The minimum Gasteiger partial charge on any atom is -0.352 e. The van der Waals surface area contributed by atoms with E-state index in [-0.39, 0.29) is 30.1 Å². The second-order valence-electron chi connectivity index (χ2n) is 8.32. The highest BCUT2D eigenvalue weighted by molar-refractivity contribution is 7.89. The molecule has 5 nitrogen and oxygen atoms in total. The first-order valence-corrected chi connectivity index (χ1v) is 12.6. The van der Waals surface area contributed by atoms with Gasteiger partial charge in [0.25, 0.3) is 0 Å². The fourth-order valence-corrected chi connectivity index (χ4v) is 5.80. The van der Waals surface area contributed by atoms with Gasteiger partial charge in [0.2, 0.25) is 15.9 Å². The highest BCUT2D eigenvalue weighted by atomic mass is 35.5. The van der Waals surface area contributed by atoms with Gasteiger partial charge in [-0.05, 0) is 41.5 Å². The molecule has 1 aliphatic heterocycles. The summed E-state index contributed by atoms with van der Waals surface area (Å²) in [6.45, 7) is -0.0718. The lowest BCUT2D eigenvalue weighted by molar-refractivity contribution is -0.137. The van der Waals surface area contributed by atoms with Gasteiger partial charge in [0, 0.05) is 30.6 Å². The van der Waals surface area contributed by atoms with E-state index in [9.17, 15) is 26.4 Å². The third kappa shape index (κ3) is 5.69. The molecule has 2 atom stereocenters. The summed E-state index contributed by atoms with van der Waals surface area (Å²) in [5, 5.41) is 3.17. The van der Waals surface area contributed by atoms with Crippen molar-refractivity contribution in [3.63, 3.8) is 0 Å². The van der Waals surface area contributed by atoms with Gasteiger partial charge in [0.1, 0.15) is 0 Å². The number of halogens is 4. The Morgan fingerprint density at radius 3 is 2.31 bits per heavy atom. The molecule has 1 amide bonds. The summed E-state index contributed by atoms with van der Waals surface area (Å²) in [6.07, 6.45) is -4.56. The molecule has 1 N–H and O–H groups in total. The van der Waals surface area contributed by atoms with Crippen LogP contribution in [0.4, 0.5) is 13.2 Å². The monoisotopic (exact) mass is 522 g/mol. The summed E-state index contributed by atoms with van der Waals surface area (Å²) in [4.78, 5) is 13.2. The molecule has 1 heterocycles. The SMILES string of the molecule is O=C(NCc1ccccc1)[C@H]1CN(S(=O)(=O)c2ccc(Cl)cc2)C[C@@H]1c1cccc(C(F)(F)F)c1. The Hall–Kier alpha value is -2.88. The molecule has 184 valence electrons. The van der Waals surface area contributed by atoms with E-state index in [4.69, 9.17) is 11.6 Å². The van der Waals surface area contributed by atoms with Gasteiger partial charge >= 0.3 is 6.18 Å². The Kier molecular flexibility index (Phi) is 7.21. The number of amides is 1. The molecule has 0 saturated carbocycles. The normalized spacial score (nSPS) is 19.0. The minimum absolute atomic E-state index is 0.00460. The van der Waals surface area contributed by atoms with E-state index in [0.29, 0.717) is 5.02 Å². The van der Waals surface area contributed by atoms with Crippen LogP contribution in [0.3, 0.4) is 0 Å². The third-order valence-corrected chi connectivity index (χ3v) is 8.12. The molecule has 0 bridgehead atoms. The summed E-state index contributed by atoms with van der Waals surface area (Å²) in [7, 11) is -4.00. The van der Waals surface area contributed by atoms with Crippen molar-refractivity contribution in [2.45, 2.75) is 23.5 Å². The first-order chi connectivity index (χ1) is 16.6. The number of hydrogen-bond donors (Lipinski definition) is 1. The molecular formula is C25H22ClF3N2O3S. The summed E-state index contributed by atoms with van der Waals surface area (Å²) in [6, 6.07) is 19.5. The molecule has 10 heteroatoms. The van der Waals surface area contributed by atoms with Gasteiger partial charge in [-0.25, -0.2) is 8.42 Å². The van der Waals surface area contributed by atoms with Crippen LogP contribution in [0.25, 0.3) is 0 Å². The Bertz CT molecular complexity index is 1300. The molecule has 1 aliphatic rings. The largest absolute Gasteiger partial charge is 0.416 e. The first kappa shape index (κ1) is 25.2. The van der Waals surface area contributed by atoms with Gasteiger partial charge in [-0.1, -0.05) is 60.1 Å². The van der Waals surface area contributed by atoms with Crippen molar-refractivity contribution in [3.8, 4) is 0 Å². The number of carbonyl (C=O) groups is 1. The van der Waals surface area contributed by atoms with E-state index in [2.05, 4.69) is 5.32 Å². The maximum Gasteiger partial charge on any atom is 0.416 e. The zero-order chi connectivity index (χ0) is 25.2. The van der Waals surface area contributed by atoms with E-state index in [0.717, 1.165) is 22.0 Å².